The number of aromatic hydroxyl groups is 3. The van der Waals surface area contributed by atoms with Gasteiger partial charge in [-0.1, -0.05) is 18.2 Å². The number of ketones is 1. The Morgan fingerprint density at radius 1 is 0.564 bits per heavy atom. The van der Waals surface area contributed by atoms with Gasteiger partial charge in [0.25, 0.3) is 0 Å². The Balaban J connectivity index is 0.000000117. The summed E-state index contributed by atoms with van der Waals surface area (Å²) in [4.78, 5) is 19.5. The molecule has 15 rings (SSSR count). The first-order valence-electron chi connectivity index (χ1n) is 28.2. The zero-order valence-electron chi connectivity index (χ0n) is 47.3. The van der Waals surface area contributed by atoms with Crippen molar-refractivity contribution >= 4 is 5.78 Å². The van der Waals surface area contributed by atoms with Crippen molar-refractivity contribution in [3.8, 4) is 34.5 Å². The molecule has 0 aromatic heterocycles. The predicted octanol–water partition coefficient (Wildman–Crippen LogP) is 7.31. The van der Waals surface area contributed by atoms with Crippen molar-refractivity contribution in [2.45, 2.75) is 200 Å². The second kappa shape index (κ2) is 17.8. The molecular formula is C62H78N3O12Y-. The van der Waals surface area contributed by atoms with Gasteiger partial charge in [0.05, 0.1) is 33.0 Å². The largest absolute Gasteiger partial charge is 0.543 e. The molecule has 0 amide bonds. The molecule has 6 heterocycles. The second-order valence-corrected chi connectivity index (χ2v) is 26.9. The molecule has 16 heteroatoms. The Kier molecular flexibility index (Phi) is 12.5. The maximum Gasteiger partial charge on any atom is 0.174 e. The summed E-state index contributed by atoms with van der Waals surface area (Å²) >= 11 is 0. The van der Waals surface area contributed by atoms with E-state index in [4.69, 9.17) is 28.4 Å². The van der Waals surface area contributed by atoms with Crippen LogP contribution in [-0.2, 0) is 87.2 Å². The molecule has 5 N–H and O–H groups in total. The summed E-state index contributed by atoms with van der Waals surface area (Å²) in [5, 5.41) is 55.0. The number of likely N-dealkylation sites (tertiary alicyclic amines) is 3. The van der Waals surface area contributed by atoms with E-state index in [1.54, 1.807) is 18.2 Å². The van der Waals surface area contributed by atoms with Crippen LogP contribution in [-0.4, -0.2) is 151 Å². The fourth-order valence-electron chi connectivity index (χ4n) is 17.7. The molecule has 4 fully saturated rings. The molecule has 3 aromatic carbocycles. The van der Waals surface area contributed by atoms with E-state index in [0.29, 0.717) is 42.9 Å². The summed E-state index contributed by atoms with van der Waals surface area (Å²) in [7, 11) is 6.34. The zero-order chi connectivity index (χ0) is 54.5. The summed E-state index contributed by atoms with van der Waals surface area (Å²) in [5.41, 5.74) is 2.05. The molecule has 3 saturated heterocycles. The molecule has 6 aliphatic carbocycles. The van der Waals surface area contributed by atoms with E-state index in [1.807, 2.05) is 59.9 Å². The number of aliphatic hydroxyl groups is 2. The average molecular weight is 1150 g/mol. The van der Waals surface area contributed by atoms with E-state index in [9.17, 15) is 30.3 Å². The van der Waals surface area contributed by atoms with Crippen molar-refractivity contribution < 1.29 is 91.5 Å². The van der Waals surface area contributed by atoms with Crippen LogP contribution >= 0.6 is 0 Å². The summed E-state index contributed by atoms with van der Waals surface area (Å²) in [6.07, 6.45) is 10.8. The Labute approximate surface area is 484 Å². The number of carbonyl (C=O) groups is 1. The standard InChI is InChI=1S/C24H32NO4.C21H27NO4.C17H19NO4.Y/c1-14(2)28-24-10-9-17(29-22(3,4)5)21-23(24)11-12-25(6)18(24)13-15-7-8-16(26)20(27-21)19(15)23;1-19(2,3)26-14-7-8-21(24)15-11-12-5-6-13(23)17-16(12)20(21,18(14)25-17)9-10-22(15)4;1-18-7-6-16-13-9-2-3-10(19)14(13)22-15(16)11(20)4-5-17(16,21)12(18)8-9;/h7-9,18,21,26H,10-13H2,1-6H3;5-7,15,18,23-24H,8-11H2,1-4H3;2-3,12,15,19,21H,4-8H2,1H3;/q-1;;;/t18-,21?,23?,24-;15-,18?,20?,21-;12-,15?,16?,17-;/m111./s1. The van der Waals surface area contributed by atoms with Crippen molar-refractivity contribution in [1.82, 2.24) is 14.7 Å². The SMILES string of the molecule is CN1CCC23c4c5ccc(O)c4OC2C(=O)CC[C@@]3(O)[C@H]1C5.CN1CCC23c4c5ccc(O)c4OC2C(OC(C)(C)C)=CC[C@@]3(O)[C@H]1C5.C[C-](C)O[C@@]12CC=C(OC(C)(C)C)C3Oc4c(O)ccc5c4C31CCN(C)[C@@H]2C5.[Y]. The van der Waals surface area contributed by atoms with Crippen LogP contribution in [0.3, 0.4) is 0 Å². The number of nitrogens with zero attached hydrogens (tertiary/aromatic N) is 3. The van der Waals surface area contributed by atoms with Crippen molar-refractivity contribution in [1.29, 1.82) is 0 Å². The van der Waals surface area contributed by atoms with Crippen molar-refractivity contribution in [3.05, 3.63) is 99.6 Å². The first-order chi connectivity index (χ1) is 36.2. The molecule has 6 unspecified atom stereocenters. The molecule has 3 spiro atoms. The first kappa shape index (κ1) is 54.7. The number of hydrogen-bond donors (Lipinski definition) is 5. The maximum atomic E-state index is 12.5. The molecule has 417 valence electrons. The third-order valence-electron chi connectivity index (χ3n) is 20.4. The molecule has 6 aliphatic heterocycles. The van der Waals surface area contributed by atoms with Gasteiger partial charge in [0.2, 0.25) is 0 Å². The van der Waals surface area contributed by atoms with Crippen molar-refractivity contribution in [3.63, 3.8) is 0 Å². The van der Waals surface area contributed by atoms with Crippen LogP contribution in [0.5, 0.6) is 34.5 Å². The predicted molar refractivity (Wildman–Crippen MR) is 286 cm³/mol. The van der Waals surface area contributed by atoms with Gasteiger partial charge in [-0.3, -0.25) is 4.79 Å². The topological polar surface area (TPSA) is 183 Å². The number of likely N-dealkylation sites (N-methyl/N-ethyl adjacent to an activating group) is 3. The van der Waals surface area contributed by atoms with Crippen LogP contribution in [0.4, 0.5) is 0 Å². The smallest absolute Gasteiger partial charge is 0.174 e. The molecular weight excluding hydrogens is 1070 g/mol. The van der Waals surface area contributed by atoms with Crippen LogP contribution in [0.2, 0.25) is 0 Å². The van der Waals surface area contributed by atoms with Gasteiger partial charge >= 0.3 is 0 Å². The van der Waals surface area contributed by atoms with Gasteiger partial charge < -0.3 is 68.7 Å². The van der Waals surface area contributed by atoms with Gasteiger partial charge in [-0.15, -0.1) is 0 Å². The van der Waals surface area contributed by atoms with Crippen molar-refractivity contribution in [2.75, 3.05) is 40.8 Å². The van der Waals surface area contributed by atoms with E-state index >= 15 is 0 Å². The number of carbonyl (C=O) groups excluding carboxylic acids is 1. The molecule has 15 nitrogen and oxygen atoms in total. The average Bonchev–Trinajstić information content (AvgIpc) is 3.47. The van der Waals surface area contributed by atoms with Gasteiger partial charge in [-0.2, -0.15) is 13.8 Å². The van der Waals surface area contributed by atoms with Gasteiger partial charge in [-0.25, -0.2) is 6.10 Å². The minimum atomic E-state index is -0.954. The summed E-state index contributed by atoms with van der Waals surface area (Å²) in [5.74, 6) is 3.76. The summed E-state index contributed by atoms with van der Waals surface area (Å²) in [6, 6.07) is 11.4. The number of piperidine rings is 3. The van der Waals surface area contributed by atoms with E-state index < -0.39 is 33.7 Å². The van der Waals surface area contributed by atoms with Crippen LogP contribution in [0, 0.1) is 6.10 Å². The molecule has 3 aromatic rings. The molecule has 78 heavy (non-hydrogen) atoms. The minimum Gasteiger partial charge on any atom is -0.543 e. The van der Waals surface area contributed by atoms with E-state index in [1.165, 1.54) is 11.1 Å². The van der Waals surface area contributed by atoms with Crippen LogP contribution < -0.4 is 14.2 Å². The van der Waals surface area contributed by atoms with Crippen molar-refractivity contribution in [2.24, 2.45) is 0 Å². The van der Waals surface area contributed by atoms with Crippen LogP contribution in [0.25, 0.3) is 0 Å². The fourth-order valence-corrected chi connectivity index (χ4v) is 17.7. The van der Waals surface area contributed by atoms with E-state index in [0.717, 1.165) is 98.0 Å². The van der Waals surface area contributed by atoms with E-state index in [2.05, 4.69) is 61.7 Å². The van der Waals surface area contributed by atoms with Crippen LogP contribution in [0.15, 0.2) is 60.1 Å². The van der Waals surface area contributed by atoms with Gasteiger partial charge in [-0.05, 0) is 181 Å². The second-order valence-electron chi connectivity index (χ2n) is 26.9. The normalized spacial score (nSPS) is 37.5. The molecule has 6 bridgehead atoms. The Hall–Kier alpha value is -3.93. The maximum absolute atomic E-state index is 12.5. The molecule has 12 aliphatic rings. The monoisotopic (exact) mass is 1150 g/mol. The summed E-state index contributed by atoms with van der Waals surface area (Å²) in [6.45, 7) is 19.0. The third-order valence-corrected chi connectivity index (χ3v) is 20.4. The number of phenols is 3. The number of Topliss-reactive ketones (excluding diaryl/α,β-unsaturated/α-hetero) is 1. The molecule has 12 atom stereocenters. The number of hydrogen-bond acceptors (Lipinski definition) is 15. The quantitative estimate of drug-likeness (QED) is 0.164. The van der Waals surface area contributed by atoms with Gasteiger partial charge in [0, 0.05) is 80.4 Å². The first-order valence-corrected chi connectivity index (χ1v) is 28.2. The third kappa shape index (κ3) is 7.06. The molecule has 1 saturated carbocycles. The zero-order valence-corrected chi connectivity index (χ0v) is 50.1. The number of phenolic OH excluding ortho intramolecular Hbond substituents is 3. The summed E-state index contributed by atoms with van der Waals surface area (Å²) < 4.78 is 38.3. The number of rotatable bonds is 4. The van der Waals surface area contributed by atoms with Gasteiger partial charge in [0.15, 0.2) is 58.6 Å². The number of benzene rings is 3. The van der Waals surface area contributed by atoms with Gasteiger partial charge in [0.1, 0.15) is 22.7 Å². The Bertz CT molecular complexity index is 3080. The fraction of sp³-hybridized carbons (Fsp3) is 0.613. The van der Waals surface area contributed by atoms with E-state index in [-0.39, 0.29) is 103 Å². The van der Waals surface area contributed by atoms with Crippen LogP contribution in [0.1, 0.15) is 134 Å². The number of ether oxygens (including phenoxy) is 6. The molecule has 1 radical (unpaired) electrons. The Morgan fingerprint density at radius 2 is 0.962 bits per heavy atom. The minimum absolute atomic E-state index is 0. The Morgan fingerprint density at radius 3 is 1.45 bits per heavy atom.